The molecule has 5 heteroatoms. The third-order valence-electron chi connectivity index (χ3n) is 3.48. The van der Waals surface area contributed by atoms with E-state index in [9.17, 15) is 0 Å². The van der Waals surface area contributed by atoms with Gasteiger partial charge in [-0.2, -0.15) is 5.10 Å². The molecular weight excluding hydrogens is 226 g/mol. The molecule has 1 aromatic rings. The smallest absolute Gasteiger partial charge is 0.191 e. The zero-order chi connectivity index (χ0) is 13.1. The van der Waals surface area contributed by atoms with E-state index >= 15 is 0 Å². The SMILES string of the molecule is Cc1cc(CN=C(N)N2CCCC(C)C2)n(C)n1. The molecule has 1 aromatic heterocycles. The van der Waals surface area contributed by atoms with Crippen LogP contribution in [0, 0.1) is 12.8 Å². The quantitative estimate of drug-likeness (QED) is 0.634. The summed E-state index contributed by atoms with van der Waals surface area (Å²) >= 11 is 0. The number of guanidine groups is 1. The van der Waals surface area contributed by atoms with Crippen LogP contribution in [0.3, 0.4) is 0 Å². The number of aliphatic imine (C=N–C) groups is 1. The van der Waals surface area contributed by atoms with Gasteiger partial charge in [0.05, 0.1) is 17.9 Å². The molecule has 2 heterocycles. The Bertz CT molecular complexity index is 435. The maximum atomic E-state index is 6.06. The predicted molar refractivity (Wildman–Crippen MR) is 73.2 cm³/mol. The molecule has 1 aliphatic heterocycles. The Kier molecular flexibility index (Phi) is 3.89. The van der Waals surface area contributed by atoms with Crippen molar-refractivity contribution in [2.24, 2.45) is 23.7 Å². The van der Waals surface area contributed by atoms with Crippen molar-refractivity contribution >= 4 is 5.96 Å². The molecule has 2 rings (SSSR count). The lowest BCUT2D eigenvalue weighted by atomic mass is 10.0. The van der Waals surface area contributed by atoms with Crippen LogP contribution >= 0.6 is 0 Å². The highest BCUT2D eigenvalue weighted by atomic mass is 15.3. The largest absolute Gasteiger partial charge is 0.370 e. The lowest BCUT2D eigenvalue weighted by Crippen LogP contribution is -2.43. The van der Waals surface area contributed by atoms with Crippen molar-refractivity contribution in [3.8, 4) is 0 Å². The summed E-state index contributed by atoms with van der Waals surface area (Å²) in [6.07, 6.45) is 2.51. The highest BCUT2D eigenvalue weighted by molar-refractivity contribution is 5.78. The highest BCUT2D eigenvalue weighted by Gasteiger charge is 2.17. The molecule has 0 spiro atoms. The molecule has 5 nitrogen and oxygen atoms in total. The second-order valence-corrected chi connectivity index (χ2v) is 5.27. The van der Waals surface area contributed by atoms with Gasteiger partial charge in [0.1, 0.15) is 0 Å². The lowest BCUT2D eigenvalue weighted by Gasteiger charge is -2.31. The van der Waals surface area contributed by atoms with Crippen molar-refractivity contribution in [3.05, 3.63) is 17.5 Å². The Morgan fingerprint density at radius 2 is 2.39 bits per heavy atom. The molecular formula is C13H23N5. The molecule has 2 N–H and O–H groups in total. The van der Waals surface area contributed by atoms with Crippen LogP contribution in [0.4, 0.5) is 0 Å². The van der Waals surface area contributed by atoms with E-state index in [2.05, 4.69) is 28.0 Å². The first-order valence-electron chi connectivity index (χ1n) is 6.60. The first-order chi connectivity index (χ1) is 8.56. The lowest BCUT2D eigenvalue weighted by molar-refractivity contribution is 0.270. The first-order valence-corrected chi connectivity index (χ1v) is 6.60. The minimum absolute atomic E-state index is 0.605. The number of rotatable bonds is 2. The highest BCUT2D eigenvalue weighted by Crippen LogP contribution is 2.15. The maximum Gasteiger partial charge on any atom is 0.191 e. The van der Waals surface area contributed by atoms with Crippen molar-refractivity contribution in [2.45, 2.75) is 33.2 Å². The second kappa shape index (κ2) is 5.42. The van der Waals surface area contributed by atoms with Gasteiger partial charge in [-0.05, 0) is 31.7 Å². The minimum atomic E-state index is 0.605. The number of hydrogen-bond acceptors (Lipinski definition) is 2. The zero-order valence-electron chi connectivity index (χ0n) is 11.6. The molecule has 18 heavy (non-hydrogen) atoms. The third-order valence-corrected chi connectivity index (χ3v) is 3.48. The summed E-state index contributed by atoms with van der Waals surface area (Å²) in [6.45, 7) is 6.92. The predicted octanol–water partition coefficient (Wildman–Crippen LogP) is 1.28. The van der Waals surface area contributed by atoms with Gasteiger partial charge in [-0.1, -0.05) is 6.92 Å². The van der Waals surface area contributed by atoms with Gasteiger partial charge in [-0.3, -0.25) is 4.68 Å². The van der Waals surface area contributed by atoms with E-state index < -0.39 is 0 Å². The van der Waals surface area contributed by atoms with Gasteiger partial charge < -0.3 is 10.6 Å². The van der Waals surface area contributed by atoms with E-state index in [1.54, 1.807) is 0 Å². The fourth-order valence-electron chi connectivity index (χ4n) is 2.47. The van der Waals surface area contributed by atoms with Crippen molar-refractivity contribution in [3.63, 3.8) is 0 Å². The van der Waals surface area contributed by atoms with E-state index in [-0.39, 0.29) is 0 Å². The molecule has 0 aromatic carbocycles. The molecule has 0 saturated carbocycles. The molecule has 1 unspecified atom stereocenters. The minimum Gasteiger partial charge on any atom is -0.370 e. The summed E-state index contributed by atoms with van der Waals surface area (Å²) in [5.41, 5.74) is 8.18. The molecule has 0 amide bonds. The molecule has 1 aliphatic rings. The van der Waals surface area contributed by atoms with Crippen molar-refractivity contribution in [1.29, 1.82) is 0 Å². The summed E-state index contributed by atoms with van der Waals surface area (Å²) in [7, 11) is 1.94. The van der Waals surface area contributed by atoms with E-state index in [4.69, 9.17) is 5.73 Å². The Morgan fingerprint density at radius 3 is 3.00 bits per heavy atom. The Morgan fingerprint density at radius 1 is 1.61 bits per heavy atom. The Labute approximate surface area is 109 Å². The molecule has 1 atom stereocenters. The zero-order valence-corrected chi connectivity index (χ0v) is 11.6. The molecule has 0 radical (unpaired) electrons. The van der Waals surface area contributed by atoms with Crippen LogP contribution in [-0.2, 0) is 13.6 Å². The van der Waals surface area contributed by atoms with Crippen LogP contribution in [0.15, 0.2) is 11.1 Å². The van der Waals surface area contributed by atoms with E-state index in [0.717, 1.165) is 24.5 Å². The number of nitrogens with zero attached hydrogens (tertiary/aromatic N) is 4. The molecule has 100 valence electrons. The van der Waals surface area contributed by atoms with E-state index in [1.807, 2.05) is 18.7 Å². The van der Waals surface area contributed by atoms with Crippen LogP contribution in [0.25, 0.3) is 0 Å². The number of hydrogen-bond donors (Lipinski definition) is 1. The molecule has 1 saturated heterocycles. The van der Waals surface area contributed by atoms with Gasteiger partial charge in [-0.25, -0.2) is 4.99 Å². The summed E-state index contributed by atoms with van der Waals surface area (Å²) in [6, 6.07) is 2.05. The number of piperidine rings is 1. The first kappa shape index (κ1) is 12.9. The molecule has 1 fully saturated rings. The number of aryl methyl sites for hydroxylation is 2. The van der Waals surface area contributed by atoms with Gasteiger partial charge in [0.25, 0.3) is 0 Å². The number of aromatic nitrogens is 2. The van der Waals surface area contributed by atoms with E-state index in [1.165, 1.54) is 12.8 Å². The van der Waals surface area contributed by atoms with Gasteiger partial charge in [0, 0.05) is 20.1 Å². The van der Waals surface area contributed by atoms with Crippen LogP contribution in [0.1, 0.15) is 31.2 Å². The van der Waals surface area contributed by atoms with Crippen molar-refractivity contribution in [1.82, 2.24) is 14.7 Å². The Hall–Kier alpha value is -1.52. The average Bonchev–Trinajstić information content (AvgIpc) is 2.65. The summed E-state index contributed by atoms with van der Waals surface area (Å²) in [5, 5.41) is 4.31. The summed E-state index contributed by atoms with van der Waals surface area (Å²) in [5.74, 6) is 1.38. The van der Waals surface area contributed by atoms with E-state index in [0.29, 0.717) is 18.4 Å². The van der Waals surface area contributed by atoms with Crippen molar-refractivity contribution in [2.75, 3.05) is 13.1 Å². The molecule has 0 aliphatic carbocycles. The summed E-state index contributed by atoms with van der Waals surface area (Å²) in [4.78, 5) is 6.68. The van der Waals surface area contributed by atoms with Crippen molar-refractivity contribution < 1.29 is 0 Å². The van der Waals surface area contributed by atoms with Gasteiger partial charge >= 0.3 is 0 Å². The van der Waals surface area contributed by atoms with Gasteiger partial charge in [0.2, 0.25) is 0 Å². The standard InChI is InChI=1S/C13H23N5/c1-10-5-4-6-18(9-10)13(14)15-8-12-7-11(2)16-17(12)3/h7,10H,4-6,8-9H2,1-3H3,(H2,14,15). The third kappa shape index (κ3) is 3.03. The normalized spacial score (nSPS) is 21.4. The fraction of sp³-hybridized carbons (Fsp3) is 0.692. The monoisotopic (exact) mass is 249 g/mol. The average molecular weight is 249 g/mol. The molecule has 0 bridgehead atoms. The summed E-state index contributed by atoms with van der Waals surface area (Å²) < 4.78 is 1.87. The second-order valence-electron chi connectivity index (χ2n) is 5.27. The Balaban J connectivity index is 1.98. The number of likely N-dealkylation sites (tertiary alicyclic amines) is 1. The van der Waals surface area contributed by atoms with Crippen LogP contribution in [0.2, 0.25) is 0 Å². The van der Waals surface area contributed by atoms with Crippen LogP contribution < -0.4 is 5.73 Å². The van der Waals surface area contributed by atoms with Crippen LogP contribution in [0.5, 0.6) is 0 Å². The van der Waals surface area contributed by atoms with Crippen LogP contribution in [-0.4, -0.2) is 33.7 Å². The topological polar surface area (TPSA) is 59.4 Å². The van der Waals surface area contributed by atoms with Gasteiger partial charge in [0.15, 0.2) is 5.96 Å². The fourth-order valence-corrected chi connectivity index (χ4v) is 2.47. The van der Waals surface area contributed by atoms with Gasteiger partial charge in [-0.15, -0.1) is 0 Å². The number of nitrogens with two attached hydrogens (primary N) is 1. The maximum absolute atomic E-state index is 6.06.